The van der Waals surface area contributed by atoms with Gasteiger partial charge >= 0.3 is 0 Å². The molecule has 0 rings (SSSR count). The molecular formula is C8H15N2O. The van der Waals surface area contributed by atoms with Crippen molar-refractivity contribution in [1.82, 2.24) is 0 Å². The Morgan fingerprint density at radius 2 is 2.27 bits per heavy atom. The highest BCUT2D eigenvalue weighted by atomic mass is 16.1. The fourth-order valence-electron chi connectivity index (χ4n) is 0.984. The van der Waals surface area contributed by atoms with Gasteiger partial charge in [0, 0.05) is 5.71 Å². The van der Waals surface area contributed by atoms with Crippen LogP contribution in [-0.4, -0.2) is 11.6 Å². The molecular weight excluding hydrogens is 140 g/mol. The zero-order chi connectivity index (χ0) is 8.85. The van der Waals surface area contributed by atoms with Crippen molar-refractivity contribution in [1.29, 1.82) is 5.41 Å². The summed E-state index contributed by atoms with van der Waals surface area (Å²) in [5.74, 6) is -0.775. The Morgan fingerprint density at radius 3 is 2.55 bits per heavy atom. The lowest BCUT2D eigenvalue weighted by Crippen LogP contribution is -2.29. The summed E-state index contributed by atoms with van der Waals surface area (Å²) in [7, 11) is 0. The lowest BCUT2D eigenvalue weighted by molar-refractivity contribution is -0.119. The Kier molecular flexibility index (Phi) is 4.50. The fourth-order valence-corrected chi connectivity index (χ4v) is 0.984. The Morgan fingerprint density at radius 1 is 1.73 bits per heavy atom. The summed E-state index contributed by atoms with van der Waals surface area (Å²) in [4.78, 5) is 10.7. The van der Waals surface area contributed by atoms with Gasteiger partial charge in [0.15, 0.2) is 0 Å². The summed E-state index contributed by atoms with van der Waals surface area (Å²) in [5.41, 5.74) is 5.49. The molecule has 0 saturated heterocycles. The largest absolute Gasteiger partial charge is 0.369 e. The molecule has 0 saturated carbocycles. The van der Waals surface area contributed by atoms with Crippen molar-refractivity contribution in [2.24, 2.45) is 11.7 Å². The number of carbonyl (C=O) groups excluding carboxylic acids is 1. The molecule has 0 spiro atoms. The van der Waals surface area contributed by atoms with Crippen LogP contribution >= 0.6 is 0 Å². The standard InChI is InChI=1S/C8H15N2O/c1-3-5-7(9)6(4-2)8(10)11/h6,9H,1,3-5H2,2H3,(H2,10,11). The molecule has 0 aliphatic rings. The smallest absolute Gasteiger partial charge is 0.226 e. The first-order chi connectivity index (χ1) is 5.13. The van der Waals surface area contributed by atoms with E-state index in [-0.39, 0.29) is 5.92 Å². The van der Waals surface area contributed by atoms with Crippen molar-refractivity contribution < 1.29 is 4.79 Å². The van der Waals surface area contributed by atoms with Crippen molar-refractivity contribution in [3.05, 3.63) is 6.92 Å². The molecule has 1 amide bonds. The Balaban J connectivity index is 4.03. The highest BCUT2D eigenvalue weighted by Gasteiger charge is 2.16. The molecule has 0 fully saturated rings. The number of carbonyl (C=O) groups is 1. The number of primary amides is 1. The van der Waals surface area contributed by atoms with Crippen molar-refractivity contribution >= 4 is 11.6 Å². The van der Waals surface area contributed by atoms with E-state index in [2.05, 4.69) is 6.92 Å². The van der Waals surface area contributed by atoms with E-state index in [4.69, 9.17) is 11.1 Å². The van der Waals surface area contributed by atoms with E-state index in [0.29, 0.717) is 25.0 Å². The minimum absolute atomic E-state index is 0.378. The molecule has 3 heteroatoms. The average Bonchev–Trinajstić information content (AvgIpc) is 1.88. The molecule has 3 N–H and O–H groups in total. The van der Waals surface area contributed by atoms with Crippen LogP contribution < -0.4 is 5.73 Å². The topological polar surface area (TPSA) is 66.9 Å². The number of amides is 1. The van der Waals surface area contributed by atoms with Gasteiger partial charge in [0.2, 0.25) is 5.91 Å². The summed E-state index contributed by atoms with van der Waals surface area (Å²) in [5, 5.41) is 7.44. The maximum atomic E-state index is 10.7. The number of hydrogen-bond donors (Lipinski definition) is 2. The van der Waals surface area contributed by atoms with Crippen molar-refractivity contribution in [3.63, 3.8) is 0 Å². The van der Waals surface area contributed by atoms with Crippen LogP contribution in [0.3, 0.4) is 0 Å². The van der Waals surface area contributed by atoms with E-state index in [9.17, 15) is 4.79 Å². The van der Waals surface area contributed by atoms with Crippen LogP contribution in [-0.2, 0) is 4.79 Å². The third kappa shape index (κ3) is 3.16. The quantitative estimate of drug-likeness (QED) is 0.574. The SMILES string of the molecule is [CH2]CCC(=N)C(CC)C(N)=O. The van der Waals surface area contributed by atoms with Crippen LogP contribution in [0.2, 0.25) is 0 Å². The van der Waals surface area contributed by atoms with Crippen LogP contribution in [0.15, 0.2) is 0 Å². The van der Waals surface area contributed by atoms with Gasteiger partial charge in [-0.05, 0) is 19.3 Å². The minimum atomic E-state index is -0.397. The van der Waals surface area contributed by atoms with Gasteiger partial charge in [0.25, 0.3) is 0 Å². The van der Waals surface area contributed by atoms with E-state index >= 15 is 0 Å². The molecule has 1 radical (unpaired) electrons. The number of hydrogen-bond acceptors (Lipinski definition) is 2. The van der Waals surface area contributed by atoms with E-state index in [1.54, 1.807) is 0 Å². The maximum absolute atomic E-state index is 10.7. The Hall–Kier alpha value is -0.860. The monoisotopic (exact) mass is 155 g/mol. The average molecular weight is 155 g/mol. The summed E-state index contributed by atoms with van der Waals surface area (Å²) in [6.45, 7) is 5.46. The third-order valence-electron chi connectivity index (χ3n) is 1.62. The first-order valence-corrected chi connectivity index (χ1v) is 3.79. The molecule has 0 aromatic heterocycles. The molecule has 1 atom stereocenters. The van der Waals surface area contributed by atoms with Gasteiger partial charge in [0.1, 0.15) is 0 Å². The van der Waals surface area contributed by atoms with E-state index in [1.807, 2.05) is 6.92 Å². The molecule has 0 aliphatic heterocycles. The molecule has 11 heavy (non-hydrogen) atoms. The molecule has 0 aliphatic carbocycles. The van der Waals surface area contributed by atoms with E-state index in [1.165, 1.54) is 0 Å². The normalized spacial score (nSPS) is 12.5. The van der Waals surface area contributed by atoms with Crippen LogP contribution in [0.1, 0.15) is 26.2 Å². The number of nitrogens with one attached hydrogen (secondary N) is 1. The molecule has 63 valence electrons. The predicted molar refractivity (Wildman–Crippen MR) is 45.3 cm³/mol. The Labute approximate surface area is 67.5 Å². The molecule has 3 nitrogen and oxygen atoms in total. The van der Waals surface area contributed by atoms with Crippen molar-refractivity contribution in [2.75, 3.05) is 0 Å². The molecule has 1 unspecified atom stereocenters. The van der Waals surface area contributed by atoms with Gasteiger partial charge in [-0.1, -0.05) is 13.8 Å². The zero-order valence-electron chi connectivity index (χ0n) is 6.89. The lowest BCUT2D eigenvalue weighted by atomic mass is 9.96. The minimum Gasteiger partial charge on any atom is -0.369 e. The van der Waals surface area contributed by atoms with Crippen LogP contribution in [0.4, 0.5) is 0 Å². The lowest BCUT2D eigenvalue weighted by Gasteiger charge is -2.10. The molecule has 0 heterocycles. The van der Waals surface area contributed by atoms with Crippen molar-refractivity contribution in [3.8, 4) is 0 Å². The zero-order valence-corrected chi connectivity index (χ0v) is 6.89. The highest BCUT2D eigenvalue weighted by molar-refractivity contribution is 6.01. The second-order valence-electron chi connectivity index (χ2n) is 2.49. The van der Waals surface area contributed by atoms with E-state index in [0.717, 1.165) is 0 Å². The maximum Gasteiger partial charge on any atom is 0.226 e. The first kappa shape index (κ1) is 10.1. The number of nitrogens with two attached hydrogens (primary N) is 1. The summed E-state index contributed by atoms with van der Waals surface area (Å²) < 4.78 is 0. The highest BCUT2D eigenvalue weighted by Crippen LogP contribution is 2.07. The second-order valence-corrected chi connectivity index (χ2v) is 2.49. The number of rotatable bonds is 5. The van der Waals surface area contributed by atoms with Crippen LogP contribution in [0.5, 0.6) is 0 Å². The van der Waals surface area contributed by atoms with Gasteiger partial charge in [-0.2, -0.15) is 0 Å². The fraction of sp³-hybridized carbons (Fsp3) is 0.625. The predicted octanol–water partition coefficient (Wildman–Crippen LogP) is 1.13. The molecule has 0 bridgehead atoms. The molecule has 0 aromatic carbocycles. The first-order valence-electron chi connectivity index (χ1n) is 3.79. The summed E-state index contributed by atoms with van der Waals surface area (Å²) >= 11 is 0. The second kappa shape index (κ2) is 4.88. The van der Waals surface area contributed by atoms with Gasteiger partial charge in [-0.25, -0.2) is 0 Å². The van der Waals surface area contributed by atoms with Crippen molar-refractivity contribution in [2.45, 2.75) is 26.2 Å². The van der Waals surface area contributed by atoms with Crippen LogP contribution in [0, 0.1) is 18.3 Å². The molecule has 0 aromatic rings. The summed E-state index contributed by atoms with van der Waals surface area (Å²) in [6.07, 6.45) is 1.85. The van der Waals surface area contributed by atoms with Crippen LogP contribution in [0.25, 0.3) is 0 Å². The van der Waals surface area contributed by atoms with E-state index < -0.39 is 5.91 Å². The van der Waals surface area contributed by atoms with Gasteiger partial charge in [0.05, 0.1) is 5.92 Å². The van der Waals surface area contributed by atoms with Gasteiger partial charge < -0.3 is 11.1 Å². The summed E-state index contributed by atoms with van der Waals surface area (Å²) in [6, 6.07) is 0. The van der Waals surface area contributed by atoms with Gasteiger partial charge in [-0.3, -0.25) is 4.79 Å². The van der Waals surface area contributed by atoms with Gasteiger partial charge in [-0.15, -0.1) is 0 Å². The Bertz CT molecular complexity index is 154. The third-order valence-corrected chi connectivity index (χ3v) is 1.62.